The molecule has 0 radical (unpaired) electrons. The van der Waals surface area contributed by atoms with Crippen molar-refractivity contribution in [1.29, 1.82) is 0 Å². The van der Waals surface area contributed by atoms with Gasteiger partial charge in [0.15, 0.2) is 0 Å². The van der Waals surface area contributed by atoms with E-state index in [1.807, 2.05) is 6.07 Å². The van der Waals surface area contributed by atoms with E-state index in [0.717, 1.165) is 48.8 Å². The van der Waals surface area contributed by atoms with Crippen molar-refractivity contribution < 1.29 is 15.3 Å². The molecule has 1 aliphatic rings. The Balaban J connectivity index is 1.54. The van der Waals surface area contributed by atoms with Crippen molar-refractivity contribution in [2.75, 3.05) is 26.2 Å². The molecule has 3 N–H and O–H groups in total. The lowest BCUT2D eigenvalue weighted by Crippen LogP contribution is -2.41. The second-order valence-corrected chi connectivity index (χ2v) is 9.23. The number of fused-ring (bicyclic) bond motifs is 1. The quantitative estimate of drug-likeness (QED) is 0.413. The summed E-state index contributed by atoms with van der Waals surface area (Å²) in [4.78, 5) is 6.93. The number of hydrogen-bond acceptors (Lipinski definition) is 5. The highest BCUT2D eigenvalue weighted by molar-refractivity contribution is 5.83. The molecule has 1 unspecified atom stereocenters. The first-order valence-corrected chi connectivity index (χ1v) is 12.2. The summed E-state index contributed by atoms with van der Waals surface area (Å²) in [5, 5.41) is 31.2. The number of phenolic OH excluding ortho intramolecular Hbond substituents is 1. The van der Waals surface area contributed by atoms with Gasteiger partial charge in [0.2, 0.25) is 0 Å². The third kappa shape index (κ3) is 6.90. The lowest BCUT2D eigenvalue weighted by atomic mass is 9.79. The number of likely N-dealkylation sites (tertiary alicyclic amines) is 1. The van der Waals surface area contributed by atoms with E-state index in [9.17, 15) is 15.3 Å². The monoisotopic (exact) mass is 428 g/mol. The van der Waals surface area contributed by atoms with Crippen LogP contribution in [0.3, 0.4) is 0 Å². The SMILES string of the molecule is CCCCCCCN1CC[C@@H](CCC(O)c2ccnc3ccc(O)cc23)[C@@H](CCO)C1. The van der Waals surface area contributed by atoms with Crippen LogP contribution in [-0.4, -0.2) is 51.4 Å². The van der Waals surface area contributed by atoms with Crippen LogP contribution in [0.25, 0.3) is 10.9 Å². The highest BCUT2D eigenvalue weighted by Gasteiger charge is 2.29. The molecule has 2 heterocycles. The van der Waals surface area contributed by atoms with Gasteiger partial charge in [-0.05, 0) is 86.9 Å². The van der Waals surface area contributed by atoms with E-state index in [1.54, 1.807) is 24.4 Å². The van der Waals surface area contributed by atoms with Crippen molar-refractivity contribution in [1.82, 2.24) is 9.88 Å². The van der Waals surface area contributed by atoms with E-state index in [2.05, 4.69) is 16.8 Å². The molecule has 31 heavy (non-hydrogen) atoms. The molecule has 3 atom stereocenters. The number of piperidine rings is 1. The van der Waals surface area contributed by atoms with Crippen LogP contribution in [-0.2, 0) is 0 Å². The summed E-state index contributed by atoms with van der Waals surface area (Å²) in [5.41, 5.74) is 1.63. The molecule has 5 heteroatoms. The van der Waals surface area contributed by atoms with Crippen LogP contribution in [0.4, 0.5) is 0 Å². The first-order valence-electron chi connectivity index (χ1n) is 12.2. The van der Waals surface area contributed by atoms with Crippen LogP contribution >= 0.6 is 0 Å². The number of pyridine rings is 1. The maximum atomic E-state index is 10.9. The topological polar surface area (TPSA) is 76.8 Å². The summed E-state index contributed by atoms with van der Waals surface area (Å²) in [7, 11) is 0. The first kappa shape index (κ1) is 24.0. The van der Waals surface area contributed by atoms with E-state index in [0.29, 0.717) is 18.3 Å². The summed E-state index contributed by atoms with van der Waals surface area (Å²) in [6.07, 6.45) is 11.4. The normalized spacial score (nSPS) is 20.9. The Kier molecular flexibility index (Phi) is 9.56. The van der Waals surface area contributed by atoms with E-state index in [4.69, 9.17) is 0 Å². The van der Waals surface area contributed by atoms with Crippen molar-refractivity contribution in [3.63, 3.8) is 0 Å². The van der Waals surface area contributed by atoms with Crippen LogP contribution in [0.1, 0.15) is 76.4 Å². The highest BCUT2D eigenvalue weighted by atomic mass is 16.3. The van der Waals surface area contributed by atoms with Crippen LogP contribution < -0.4 is 0 Å². The fourth-order valence-electron chi connectivity index (χ4n) is 5.14. The molecule has 0 spiro atoms. The highest BCUT2D eigenvalue weighted by Crippen LogP contribution is 2.34. The van der Waals surface area contributed by atoms with Crippen LogP contribution in [0.2, 0.25) is 0 Å². The average molecular weight is 429 g/mol. The molecule has 0 bridgehead atoms. The maximum absolute atomic E-state index is 10.9. The molecule has 1 aromatic carbocycles. The van der Waals surface area contributed by atoms with Gasteiger partial charge in [-0.3, -0.25) is 4.98 Å². The number of benzene rings is 1. The van der Waals surface area contributed by atoms with Gasteiger partial charge in [0.1, 0.15) is 5.75 Å². The molecule has 172 valence electrons. The third-order valence-electron chi connectivity index (χ3n) is 6.98. The molecule has 3 rings (SSSR count). The van der Waals surface area contributed by atoms with Gasteiger partial charge in [-0.1, -0.05) is 32.6 Å². The summed E-state index contributed by atoms with van der Waals surface area (Å²) in [5.74, 6) is 1.23. The van der Waals surface area contributed by atoms with Crippen molar-refractivity contribution in [2.45, 2.75) is 70.8 Å². The molecule has 0 amide bonds. The van der Waals surface area contributed by atoms with Crippen molar-refractivity contribution in [3.05, 3.63) is 36.0 Å². The minimum Gasteiger partial charge on any atom is -0.508 e. The maximum Gasteiger partial charge on any atom is 0.116 e. The standard InChI is InChI=1S/C26H40N2O3/c1-2-3-4-5-6-15-28-16-12-20(21(19-28)13-17-29)7-10-26(31)23-11-14-27-25-9-8-22(30)18-24(23)25/h8-9,11,14,18,20-21,26,29-31H,2-7,10,12-13,15-17,19H2,1H3/t20-,21+,26?/m1/s1. The zero-order chi connectivity index (χ0) is 22.1. The molecule has 1 aromatic heterocycles. The van der Waals surface area contributed by atoms with E-state index >= 15 is 0 Å². The predicted octanol–water partition coefficient (Wildman–Crippen LogP) is 5.04. The second-order valence-electron chi connectivity index (χ2n) is 9.23. The molecular formula is C26H40N2O3. The molecule has 1 fully saturated rings. The number of unbranched alkanes of at least 4 members (excludes halogenated alkanes) is 4. The van der Waals surface area contributed by atoms with Crippen molar-refractivity contribution >= 4 is 10.9 Å². The van der Waals surface area contributed by atoms with Gasteiger partial charge >= 0.3 is 0 Å². The Bertz CT molecular complexity index is 797. The fraction of sp³-hybridized carbons (Fsp3) is 0.654. The van der Waals surface area contributed by atoms with Crippen LogP contribution in [0, 0.1) is 11.8 Å². The number of aliphatic hydroxyl groups excluding tert-OH is 2. The minimum atomic E-state index is -0.571. The molecule has 0 saturated carbocycles. The van der Waals surface area contributed by atoms with Gasteiger partial charge in [-0.15, -0.1) is 0 Å². The first-order chi connectivity index (χ1) is 15.1. The fourth-order valence-corrected chi connectivity index (χ4v) is 5.14. The van der Waals surface area contributed by atoms with Gasteiger partial charge in [0.25, 0.3) is 0 Å². The summed E-state index contributed by atoms with van der Waals surface area (Å²) >= 11 is 0. The number of rotatable bonds is 12. The Morgan fingerprint density at radius 3 is 2.74 bits per heavy atom. The Morgan fingerprint density at radius 1 is 1.10 bits per heavy atom. The summed E-state index contributed by atoms with van der Waals surface area (Å²) in [6.45, 7) is 5.86. The number of hydrogen-bond donors (Lipinski definition) is 3. The van der Waals surface area contributed by atoms with Crippen LogP contribution in [0.5, 0.6) is 5.75 Å². The minimum absolute atomic E-state index is 0.194. The van der Waals surface area contributed by atoms with Crippen molar-refractivity contribution in [2.24, 2.45) is 11.8 Å². The molecule has 1 saturated heterocycles. The van der Waals surface area contributed by atoms with Gasteiger partial charge in [-0.2, -0.15) is 0 Å². The predicted molar refractivity (Wildman–Crippen MR) is 126 cm³/mol. The number of aromatic hydroxyl groups is 1. The molecular weight excluding hydrogens is 388 g/mol. The van der Waals surface area contributed by atoms with Gasteiger partial charge in [0, 0.05) is 24.7 Å². The van der Waals surface area contributed by atoms with E-state index in [-0.39, 0.29) is 12.4 Å². The molecule has 0 aliphatic carbocycles. The Morgan fingerprint density at radius 2 is 1.94 bits per heavy atom. The number of aromatic nitrogens is 1. The molecule has 5 nitrogen and oxygen atoms in total. The average Bonchev–Trinajstić information content (AvgIpc) is 2.78. The van der Waals surface area contributed by atoms with Crippen LogP contribution in [0.15, 0.2) is 30.5 Å². The number of nitrogens with zero attached hydrogens (tertiary/aromatic N) is 2. The van der Waals surface area contributed by atoms with E-state index in [1.165, 1.54) is 38.6 Å². The summed E-state index contributed by atoms with van der Waals surface area (Å²) in [6, 6.07) is 6.96. The van der Waals surface area contributed by atoms with Gasteiger partial charge in [-0.25, -0.2) is 0 Å². The largest absolute Gasteiger partial charge is 0.508 e. The lowest BCUT2D eigenvalue weighted by molar-refractivity contribution is 0.0773. The number of aliphatic hydroxyl groups is 2. The third-order valence-corrected chi connectivity index (χ3v) is 6.98. The van der Waals surface area contributed by atoms with Gasteiger partial charge in [0.05, 0.1) is 11.6 Å². The van der Waals surface area contributed by atoms with Crippen molar-refractivity contribution in [3.8, 4) is 5.75 Å². The lowest BCUT2D eigenvalue weighted by Gasteiger charge is -2.39. The Labute approximate surface area is 187 Å². The zero-order valence-corrected chi connectivity index (χ0v) is 19.0. The summed E-state index contributed by atoms with van der Waals surface area (Å²) < 4.78 is 0. The molecule has 2 aromatic rings. The van der Waals surface area contributed by atoms with Gasteiger partial charge < -0.3 is 20.2 Å². The molecule has 1 aliphatic heterocycles. The second kappa shape index (κ2) is 12.4. The zero-order valence-electron chi connectivity index (χ0n) is 19.0. The smallest absolute Gasteiger partial charge is 0.116 e. The number of phenols is 1. The Hall–Kier alpha value is -1.69. The van der Waals surface area contributed by atoms with E-state index < -0.39 is 6.10 Å².